The molecule has 1 fully saturated rings. The Morgan fingerprint density at radius 3 is 1.58 bits per heavy atom. The number of methoxy groups -OCH3 is 1. The summed E-state index contributed by atoms with van der Waals surface area (Å²) >= 11 is 0.665. The van der Waals surface area contributed by atoms with E-state index in [0.717, 1.165) is 16.7 Å². The first-order valence-corrected chi connectivity index (χ1v) is 13.7. The first-order valence-electron chi connectivity index (χ1n) is 12.8. The molecule has 1 saturated heterocycles. The lowest BCUT2D eigenvalue weighted by atomic mass is 9.90. The lowest BCUT2D eigenvalue weighted by Crippen LogP contribution is -2.62. The van der Waals surface area contributed by atoms with Gasteiger partial charge >= 0.3 is 0 Å². The molecule has 0 aromatic heterocycles. The minimum atomic E-state index is -0.765. The van der Waals surface area contributed by atoms with Gasteiger partial charge in [-0.15, -0.1) is 0 Å². The summed E-state index contributed by atoms with van der Waals surface area (Å²) in [5.41, 5.74) is 3.02. The summed E-state index contributed by atoms with van der Waals surface area (Å²) in [5, 5.41) is 10.2. The molecule has 3 aromatic carbocycles. The van der Waals surface area contributed by atoms with Gasteiger partial charge in [-0.05, 0) is 28.7 Å². The molecule has 6 atom stereocenters. The Morgan fingerprint density at radius 1 is 0.711 bits per heavy atom. The maximum Gasteiger partial charge on any atom is 0.186 e. The summed E-state index contributed by atoms with van der Waals surface area (Å²) in [6.07, 6.45) is -3.16. The second kappa shape index (κ2) is 15.4. The van der Waals surface area contributed by atoms with Gasteiger partial charge in [0.2, 0.25) is 0 Å². The lowest BCUT2D eigenvalue weighted by molar-refractivity contribution is -0.325. The Balaban J connectivity index is 1.64. The molecule has 204 valence electrons. The maximum absolute atomic E-state index is 10.2. The molecule has 1 heterocycles. The predicted molar refractivity (Wildman–Crippen MR) is 146 cm³/mol. The molecular weight excluding hydrogens is 504 g/mol. The molecule has 0 bridgehead atoms. The molecule has 4 unspecified atom stereocenters. The normalized spacial score (nSPS) is 24.2. The number of hydrogen-bond acceptors (Lipinski definition) is 8. The standard InChI is InChI=1S/C30H36O7S/c1-33-30-29(36-20-24-15-9-4-10-16-24)28(35-19-23-13-7-3-8-14-23)27(26(37-30)25(17-31)21-38-32)34-18-22-11-5-2-6-12-22/h2-16,25-32H,17-21H2,1H3/t25?,26?,27-,28?,29?,30+/m1/s1. The summed E-state index contributed by atoms with van der Waals surface area (Å²) in [6, 6.07) is 29.7. The molecule has 2 N–H and O–H groups in total. The van der Waals surface area contributed by atoms with Crippen LogP contribution in [0.1, 0.15) is 16.7 Å². The molecule has 8 heteroatoms. The molecule has 1 aliphatic heterocycles. The third-order valence-electron chi connectivity index (χ3n) is 6.61. The highest BCUT2D eigenvalue weighted by Gasteiger charge is 2.50. The van der Waals surface area contributed by atoms with Crippen LogP contribution in [0.25, 0.3) is 0 Å². The topological polar surface area (TPSA) is 86.6 Å². The monoisotopic (exact) mass is 540 g/mol. The van der Waals surface area contributed by atoms with Crippen molar-refractivity contribution in [1.29, 1.82) is 0 Å². The number of benzene rings is 3. The van der Waals surface area contributed by atoms with E-state index in [1.165, 1.54) is 0 Å². The summed E-state index contributed by atoms with van der Waals surface area (Å²) < 4.78 is 41.2. The van der Waals surface area contributed by atoms with Crippen LogP contribution in [-0.2, 0) is 43.5 Å². The Labute approximate surface area is 228 Å². The SMILES string of the molecule is CO[C@H]1OC(C(CO)CSO)[C@@H](OCc2ccccc2)C(OCc2ccccc2)C1OCc1ccccc1. The molecule has 3 aromatic rings. The third kappa shape index (κ3) is 7.88. The maximum atomic E-state index is 10.2. The summed E-state index contributed by atoms with van der Waals surface area (Å²) in [7, 11) is 1.56. The van der Waals surface area contributed by atoms with Crippen molar-refractivity contribution in [3.63, 3.8) is 0 Å². The van der Waals surface area contributed by atoms with Gasteiger partial charge in [0.1, 0.15) is 18.3 Å². The van der Waals surface area contributed by atoms with Gasteiger partial charge in [0.15, 0.2) is 6.29 Å². The van der Waals surface area contributed by atoms with E-state index in [4.69, 9.17) is 23.7 Å². The van der Waals surface area contributed by atoms with E-state index in [0.29, 0.717) is 31.9 Å². The smallest absolute Gasteiger partial charge is 0.186 e. The van der Waals surface area contributed by atoms with Gasteiger partial charge in [0.05, 0.1) is 25.9 Å². The number of rotatable bonds is 14. The lowest BCUT2D eigenvalue weighted by Gasteiger charge is -2.47. The second-order valence-corrected chi connectivity index (χ2v) is 9.82. The molecule has 4 rings (SSSR count). The Bertz CT molecular complexity index is 1040. The minimum Gasteiger partial charge on any atom is -0.396 e. The van der Waals surface area contributed by atoms with Gasteiger partial charge in [-0.3, -0.25) is 0 Å². The molecule has 7 nitrogen and oxygen atoms in total. The van der Waals surface area contributed by atoms with Crippen LogP contribution < -0.4 is 0 Å². The first kappa shape index (κ1) is 28.7. The molecule has 38 heavy (non-hydrogen) atoms. The van der Waals surface area contributed by atoms with Gasteiger partial charge in [0, 0.05) is 25.4 Å². The number of ether oxygens (including phenoxy) is 5. The van der Waals surface area contributed by atoms with Crippen LogP contribution >= 0.6 is 12.0 Å². The number of aliphatic hydroxyl groups excluding tert-OH is 1. The zero-order valence-corrected chi connectivity index (χ0v) is 22.3. The van der Waals surface area contributed by atoms with Crippen LogP contribution in [0.3, 0.4) is 0 Å². The van der Waals surface area contributed by atoms with E-state index in [-0.39, 0.29) is 12.4 Å². The fraction of sp³-hybridized carbons (Fsp3) is 0.400. The molecule has 1 aliphatic rings. The van der Waals surface area contributed by atoms with Crippen molar-refractivity contribution in [3.05, 3.63) is 108 Å². The second-order valence-electron chi connectivity index (χ2n) is 9.23. The van der Waals surface area contributed by atoms with Crippen molar-refractivity contribution in [2.75, 3.05) is 19.5 Å². The third-order valence-corrected chi connectivity index (χ3v) is 7.18. The van der Waals surface area contributed by atoms with E-state index in [2.05, 4.69) is 0 Å². The van der Waals surface area contributed by atoms with Crippen molar-refractivity contribution in [2.24, 2.45) is 5.92 Å². The van der Waals surface area contributed by atoms with Crippen molar-refractivity contribution >= 4 is 12.0 Å². The molecule has 0 spiro atoms. The summed E-state index contributed by atoms with van der Waals surface area (Å²) in [4.78, 5) is 0. The molecule has 0 amide bonds. The quantitative estimate of drug-likeness (QED) is 0.279. The Morgan fingerprint density at radius 2 is 1.16 bits per heavy atom. The Hall–Kier alpha value is -2.27. The van der Waals surface area contributed by atoms with E-state index < -0.39 is 36.6 Å². The van der Waals surface area contributed by atoms with Gasteiger partial charge < -0.3 is 33.3 Å². The number of aliphatic hydroxyl groups is 1. The summed E-state index contributed by atoms with van der Waals surface area (Å²) in [5.74, 6) is -0.148. The van der Waals surface area contributed by atoms with Gasteiger partial charge in [-0.1, -0.05) is 91.0 Å². The average Bonchev–Trinajstić information content (AvgIpc) is 2.98. The van der Waals surface area contributed by atoms with Crippen molar-refractivity contribution < 1.29 is 33.3 Å². The zero-order chi connectivity index (χ0) is 26.6. The average molecular weight is 541 g/mol. The zero-order valence-electron chi connectivity index (χ0n) is 21.5. The highest BCUT2D eigenvalue weighted by atomic mass is 32.2. The van der Waals surface area contributed by atoms with Crippen LogP contribution in [-0.4, -0.2) is 59.8 Å². The Kier molecular flexibility index (Phi) is 11.6. The molecule has 0 aliphatic carbocycles. The van der Waals surface area contributed by atoms with Crippen molar-refractivity contribution in [3.8, 4) is 0 Å². The van der Waals surface area contributed by atoms with Crippen LogP contribution in [0, 0.1) is 5.92 Å². The predicted octanol–water partition coefficient (Wildman–Crippen LogP) is 4.93. The van der Waals surface area contributed by atoms with Crippen LogP contribution in [0.5, 0.6) is 0 Å². The van der Waals surface area contributed by atoms with Gasteiger partial charge in [0.25, 0.3) is 0 Å². The number of hydrogen-bond donors (Lipinski definition) is 2. The van der Waals surface area contributed by atoms with Crippen LogP contribution in [0.15, 0.2) is 91.0 Å². The van der Waals surface area contributed by atoms with E-state index in [1.54, 1.807) is 7.11 Å². The molecular formula is C30H36O7S. The fourth-order valence-electron chi connectivity index (χ4n) is 4.61. The van der Waals surface area contributed by atoms with E-state index in [1.807, 2.05) is 91.0 Å². The minimum absolute atomic E-state index is 0.194. The highest BCUT2D eigenvalue weighted by molar-refractivity contribution is 7.93. The van der Waals surface area contributed by atoms with Crippen molar-refractivity contribution in [2.45, 2.75) is 50.5 Å². The van der Waals surface area contributed by atoms with E-state index >= 15 is 0 Å². The largest absolute Gasteiger partial charge is 0.396 e. The van der Waals surface area contributed by atoms with Gasteiger partial charge in [-0.2, -0.15) is 0 Å². The van der Waals surface area contributed by atoms with E-state index in [9.17, 15) is 9.66 Å². The van der Waals surface area contributed by atoms with Crippen LogP contribution in [0.4, 0.5) is 0 Å². The van der Waals surface area contributed by atoms with Crippen molar-refractivity contribution in [1.82, 2.24) is 0 Å². The molecule has 0 saturated carbocycles. The highest BCUT2D eigenvalue weighted by Crippen LogP contribution is 2.34. The first-order chi connectivity index (χ1) is 18.7. The van der Waals surface area contributed by atoms with Crippen LogP contribution in [0.2, 0.25) is 0 Å². The van der Waals surface area contributed by atoms with Gasteiger partial charge in [-0.25, -0.2) is 0 Å². The molecule has 0 radical (unpaired) electrons. The fourth-order valence-corrected chi connectivity index (χ4v) is 5.09. The summed E-state index contributed by atoms with van der Waals surface area (Å²) in [6.45, 7) is 0.806.